The zero-order chi connectivity index (χ0) is 57.8. The van der Waals surface area contributed by atoms with Crippen molar-refractivity contribution in [1.82, 2.24) is 18.3 Å². The van der Waals surface area contributed by atoms with E-state index in [1.54, 1.807) is 0 Å². The molecule has 0 aliphatic heterocycles. The highest BCUT2D eigenvalue weighted by Crippen LogP contribution is 2.41. The van der Waals surface area contributed by atoms with Crippen LogP contribution in [0.3, 0.4) is 0 Å². The molecule has 4 heterocycles. The Labute approximate surface area is 508 Å². The molecule has 18 rings (SSSR count). The van der Waals surface area contributed by atoms with Crippen LogP contribution in [0.4, 0.5) is 0 Å². The molecule has 0 radical (unpaired) electrons. The lowest BCUT2D eigenvalue weighted by molar-refractivity contribution is 1.18. The molecule has 0 N–H and O–H groups in total. The lowest BCUT2D eigenvalue weighted by atomic mass is 9.96. The first-order valence-corrected chi connectivity index (χ1v) is 30.3. The standard InChI is InChI=1S/C84H54N4/c1-7-25-77-69(19-1)70-20-2-8-26-78(70)85(77)65-41-31-55(32-42-65)56-33-43-68(44-34-56)88-81-29-11-5-23-73(81)75-49-39-64(54-84(75)88)63-40-50-83-76(53-63)74-24-6-12-30-82(74)87(83)67-47-37-58(38-48-67)60-16-14-18-62(52-60)61-17-13-15-59(51-61)57-35-45-66(46-36-57)86-79-27-9-3-21-71(79)72-22-4-10-28-80(72)86/h1-54H. The van der Waals surface area contributed by atoms with Gasteiger partial charge in [0.15, 0.2) is 0 Å². The molecule has 0 spiro atoms. The van der Waals surface area contributed by atoms with Crippen LogP contribution in [0.15, 0.2) is 328 Å². The summed E-state index contributed by atoms with van der Waals surface area (Å²) >= 11 is 0. The first-order valence-electron chi connectivity index (χ1n) is 30.3. The highest BCUT2D eigenvalue weighted by molar-refractivity contribution is 6.14. The van der Waals surface area contributed by atoms with Crippen molar-refractivity contribution in [1.29, 1.82) is 0 Å². The van der Waals surface area contributed by atoms with E-state index in [-0.39, 0.29) is 0 Å². The number of nitrogens with zero attached hydrogens (tertiary/aromatic N) is 4. The SMILES string of the molecule is c1cc(-c2ccc(-n3c4ccccc4c4ccccc43)cc2)cc(-c2cccc(-c3ccc(-n4c5ccccc5c5cc(-c6ccc7c8ccccc8n(-c8ccc(-c9ccc(-n%10c%11ccccc%11c%11ccccc%11%10)cc9)cc8)c7c6)ccc54)cc3)c2)c1. The van der Waals surface area contributed by atoms with Gasteiger partial charge < -0.3 is 18.3 Å². The number of hydrogen-bond donors (Lipinski definition) is 0. The molecule has 0 bridgehead atoms. The average molecular weight is 1120 g/mol. The molecule has 0 amide bonds. The summed E-state index contributed by atoms with van der Waals surface area (Å²) in [5, 5.41) is 10.0. The van der Waals surface area contributed by atoms with Crippen molar-refractivity contribution < 1.29 is 0 Å². The minimum atomic E-state index is 1.13. The summed E-state index contributed by atoms with van der Waals surface area (Å²) in [7, 11) is 0. The third kappa shape index (κ3) is 7.93. The number of aromatic nitrogens is 4. The molecule has 4 nitrogen and oxygen atoms in total. The van der Waals surface area contributed by atoms with Crippen molar-refractivity contribution in [2.75, 3.05) is 0 Å². The second-order valence-corrected chi connectivity index (χ2v) is 23.3. The fraction of sp³-hybridized carbons (Fsp3) is 0. The van der Waals surface area contributed by atoms with E-state index in [0.717, 1.165) is 22.7 Å². The molecule has 0 aliphatic carbocycles. The van der Waals surface area contributed by atoms with Gasteiger partial charge in [0.05, 0.1) is 44.1 Å². The van der Waals surface area contributed by atoms with Gasteiger partial charge in [-0.1, -0.05) is 212 Å². The number of hydrogen-bond acceptors (Lipinski definition) is 0. The van der Waals surface area contributed by atoms with Crippen LogP contribution in [0.2, 0.25) is 0 Å². The Morgan fingerprint density at radius 1 is 0.125 bits per heavy atom. The summed E-state index contributed by atoms with van der Waals surface area (Å²) < 4.78 is 9.60. The lowest BCUT2D eigenvalue weighted by Crippen LogP contribution is -1.95. The Kier molecular flexibility index (Phi) is 11.3. The molecule has 18 aromatic rings. The van der Waals surface area contributed by atoms with E-state index in [4.69, 9.17) is 0 Å². The van der Waals surface area contributed by atoms with E-state index < -0.39 is 0 Å². The molecule has 0 atom stereocenters. The monoisotopic (exact) mass is 1120 g/mol. The van der Waals surface area contributed by atoms with Crippen molar-refractivity contribution in [3.63, 3.8) is 0 Å². The first-order chi connectivity index (χ1) is 43.6. The van der Waals surface area contributed by atoms with Crippen LogP contribution < -0.4 is 0 Å². The van der Waals surface area contributed by atoms with Gasteiger partial charge in [-0.05, 0) is 171 Å². The van der Waals surface area contributed by atoms with Crippen molar-refractivity contribution in [2.45, 2.75) is 0 Å². The number of para-hydroxylation sites is 6. The normalized spacial score (nSPS) is 11.9. The summed E-state index contributed by atoms with van der Waals surface area (Å²) in [4.78, 5) is 0. The average Bonchev–Trinajstić information content (AvgIpc) is 2.28. The van der Waals surface area contributed by atoms with Crippen LogP contribution in [0, 0.1) is 0 Å². The predicted molar refractivity (Wildman–Crippen MR) is 371 cm³/mol. The molecule has 0 unspecified atom stereocenters. The summed E-state index contributed by atoms with van der Waals surface area (Å²) in [6, 6.07) is 120. The van der Waals surface area contributed by atoms with Crippen LogP contribution in [0.25, 0.3) is 166 Å². The third-order valence-electron chi connectivity index (χ3n) is 18.4. The maximum Gasteiger partial charge on any atom is 0.0547 e. The van der Waals surface area contributed by atoms with Gasteiger partial charge in [0.25, 0.3) is 0 Å². The highest BCUT2D eigenvalue weighted by Gasteiger charge is 2.19. The van der Waals surface area contributed by atoms with Gasteiger partial charge in [-0.2, -0.15) is 0 Å². The molecule has 4 aromatic heterocycles. The summed E-state index contributed by atoms with van der Waals surface area (Å²) in [5.41, 5.74) is 26.0. The van der Waals surface area contributed by atoms with Gasteiger partial charge in [-0.25, -0.2) is 0 Å². The maximum atomic E-state index is 2.43. The van der Waals surface area contributed by atoms with Gasteiger partial charge in [-0.15, -0.1) is 0 Å². The molecule has 88 heavy (non-hydrogen) atoms. The second kappa shape index (κ2) is 20.0. The van der Waals surface area contributed by atoms with E-state index in [1.165, 1.54) is 143 Å². The highest BCUT2D eigenvalue weighted by atomic mass is 15.0. The van der Waals surface area contributed by atoms with Gasteiger partial charge >= 0.3 is 0 Å². The summed E-state index contributed by atoms with van der Waals surface area (Å²) in [6.07, 6.45) is 0. The van der Waals surface area contributed by atoms with Gasteiger partial charge in [0.2, 0.25) is 0 Å². The molecule has 410 valence electrons. The van der Waals surface area contributed by atoms with Crippen molar-refractivity contribution in [2.24, 2.45) is 0 Å². The second-order valence-electron chi connectivity index (χ2n) is 23.3. The van der Waals surface area contributed by atoms with Crippen molar-refractivity contribution >= 4 is 87.2 Å². The van der Waals surface area contributed by atoms with Crippen LogP contribution in [0.5, 0.6) is 0 Å². The van der Waals surface area contributed by atoms with Gasteiger partial charge in [0.1, 0.15) is 0 Å². The zero-order valence-corrected chi connectivity index (χ0v) is 48.0. The van der Waals surface area contributed by atoms with Crippen molar-refractivity contribution in [3.8, 4) is 78.4 Å². The summed E-state index contributed by atoms with van der Waals surface area (Å²) in [6.45, 7) is 0. The fourth-order valence-corrected chi connectivity index (χ4v) is 14.2. The van der Waals surface area contributed by atoms with E-state index in [2.05, 4.69) is 346 Å². The van der Waals surface area contributed by atoms with Gasteiger partial charge in [0, 0.05) is 65.8 Å². The molecular formula is C84H54N4. The van der Waals surface area contributed by atoms with Gasteiger partial charge in [-0.3, -0.25) is 0 Å². The van der Waals surface area contributed by atoms with E-state index in [0.29, 0.717) is 0 Å². The Balaban J connectivity index is 0.633. The maximum absolute atomic E-state index is 2.43. The van der Waals surface area contributed by atoms with E-state index in [1.807, 2.05) is 0 Å². The number of rotatable bonds is 9. The first kappa shape index (κ1) is 49.7. The van der Waals surface area contributed by atoms with Crippen LogP contribution in [0.1, 0.15) is 0 Å². The lowest BCUT2D eigenvalue weighted by Gasteiger charge is -2.12. The topological polar surface area (TPSA) is 19.7 Å². The molecule has 14 aromatic carbocycles. The quantitative estimate of drug-likeness (QED) is 0.137. The molecule has 0 fully saturated rings. The molecular weight excluding hydrogens is 1060 g/mol. The third-order valence-corrected chi connectivity index (χ3v) is 18.4. The number of fused-ring (bicyclic) bond motifs is 12. The number of benzene rings is 14. The Hall–Kier alpha value is -11.7. The largest absolute Gasteiger partial charge is 0.309 e. The Morgan fingerprint density at radius 3 is 0.705 bits per heavy atom. The van der Waals surface area contributed by atoms with Crippen LogP contribution in [-0.2, 0) is 0 Å². The smallest absolute Gasteiger partial charge is 0.0547 e. The van der Waals surface area contributed by atoms with E-state index in [9.17, 15) is 0 Å². The van der Waals surface area contributed by atoms with E-state index >= 15 is 0 Å². The summed E-state index contributed by atoms with van der Waals surface area (Å²) in [5.74, 6) is 0. The van der Waals surface area contributed by atoms with Crippen LogP contribution >= 0.6 is 0 Å². The molecule has 4 heteroatoms. The molecule has 0 saturated carbocycles. The molecule has 0 aliphatic rings. The predicted octanol–water partition coefficient (Wildman–Crippen LogP) is 22.4. The Morgan fingerprint density at radius 2 is 0.352 bits per heavy atom. The Bertz CT molecular complexity index is 5670. The van der Waals surface area contributed by atoms with Crippen LogP contribution in [-0.4, -0.2) is 18.3 Å². The van der Waals surface area contributed by atoms with Crippen molar-refractivity contribution in [3.05, 3.63) is 328 Å². The molecule has 0 saturated heterocycles. The fourth-order valence-electron chi connectivity index (χ4n) is 14.2. The zero-order valence-electron chi connectivity index (χ0n) is 48.0. The minimum absolute atomic E-state index is 1.13. The minimum Gasteiger partial charge on any atom is -0.309 e.